The van der Waals surface area contributed by atoms with E-state index in [1.165, 1.54) is 29.2 Å². The van der Waals surface area contributed by atoms with Gasteiger partial charge in [-0.05, 0) is 56.3 Å². The molecule has 0 aliphatic heterocycles. The van der Waals surface area contributed by atoms with Gasteiger partial charge in [-0.3, -0.25) is 4.90 Å². The Bertz CT molecular complexity index is 937. The molecule has 0 atom stereocenters. The number of esters is 1. The van der Waals surface area contributed by atoms with Crippen LogP contribution < -0.4 is 15.0 Å². The monoisotopic (exact) mass is 390 g/mol. The molecular formula is C19H22N2O5S. The van der Waals surface area contributed by atoms with Crippen molar-refractivity contribution in [1.29, 1.82) is 0 Å². The Morgan fingerprint density at radius 1 is 1.07 bits per heavy atom. The summed E-state index contributed by atoms with van der Waals surface area (Å²) in [7, 11) is -1.78. The van der Waals surface area contributed by atoms with E-state index in [0.717, 1.165) is 6.26 Å². The molecule has 144 valence electrons. The van der Waals surface area contributed by atoms with Gasteiger partial charge in [0.25, 0.3) is 0 Å². The van der Waals surface area contributed by atoms with Crippen molar-refractivity contribution in [2.45, 2.75) is 24.8 Å². The van der Waals surface area contributed by atoms with Crippen molar-refractivity contribution >= 4 is 27.5 Å². The number of urea groups is 1. The number of benzene rings is 2. The Hall–Kier alpha value is -2.87. The highest BCUT2D eigenvalue weighted by Crippen LogP contribution is 2.20. The van der Waals surface area contributed by atoms with Gasteiger partial charge in [0.15, 0.2) is 9.84 Å². The van der Waals surface area contributed by atoms with E-state index in [4.69, 9.17) is 4.74 Å². The molecule has 1 N–H and O–H groups in total. The standard InChI is InChI=1S/C19H22N2O5S/c1-13(2)20-19(23)21(3)15-8-10-16(11-9-15)26-18(22)14-6-5-7-17(12-14)27(4,24)25/h5-13H,1-4H3,(H,20,23). The van der Waals surface area contributed by atoms with Crippen molar-refractivity contribution in [2.75, 3.05) is 18.2 Å². The van der Waals surface area contributed by atoms with Crippen LogP contribution in [-0.2, 0) is 9.84 Å². The van der Waals surface area contributed by atoms with Crippen molar-refractivity contribution in [3.8, 4) is 5.75 Å². The predicted molar refractivity (Wildman–Crippen MR) is 103 cm³/mol. The van der Waals surface area contributed by atoms with Gasteiger partial charge in [-0.1, -0.05) is 6.07 Å². The number of hydrogen-bond donors (Lipinski definition) is 1. The molecule has 0 aliphatic carbocycles. The van der Waals surface area contributed by atoms with E-state index >= 15 is 0 Å². The highest BCUT2D eigenvalue weighted by atomic mass is 32.2. The molecule has 2 aromatic rings. The molecule has 8 heteroatoms. The molecule has 0 heterocycles. The molecule has 0 bridgehead atoms. The number of carbonyl (C=O) groups excluding carboxylic acids is 2. The van der Waals surface area contributed by atoms with Crippen LogP contribution in [0.2, 0.25) is 0 Å². The number of anilines is 1. The van der Waals surface area contributed by atoms with Crippen LogP contribution in [0.1, 0.15) is 24.2 Å². The molecule has 2 amide bonds. The van der Waals surface area contributed by atoms with Gasteiger partial charge in [0.2, 0.25) is 0 Å². The van der Waals surface area contributed by atoms with Crippen molar-refractivity contribution in [3.63, 3.8) is 0 Å². The van der Waals surface area contributed by atoms with Gasteiger partial charge < -0.3 is 10.1 Å². The van der Waals surface area contributed by atoms with Crippen LogP contribution in [0.15, 0.2) is 53.4 Å². The normalized spacial score (nSPS) is 11.1. The van der Waals surface area contributed by atoms with Gasteiger partial charge in [0.05, 0.1) is 10.5 Å². The summed E-state index contributed by atoms with van der Waals surface area (Å²) in [6, 6.07) is 11.9. The van der Waals surface area contributed by atoms with Crippen LogP contribution in [-0.4, -0.2) is 39.8 Å². The minimum absolute atomic E-state index is 0.0166. The number of rotatable bonds is 5. The molecule has 0 radical (unpaired) electrons. The Labute approximate surface area is 158 Å². The maximum Gasteiger partial charge on any atom is 0.343 e. The molecule has 0 saturated heterocycles. The number of nitrogens with zero attached hydrogens (tertiary/aromatic N) is 1. The van der Waals surface area contributed by atoms with Gasteiger partial charge in [-0.2, -0.15) is 0 Å². The fraction of sp³-hybridized carbons (Fsp3) is 0.263. The summed E-state index contributed by atoms with van der Waals surface area (Å²) < 4.78 is 28.5. The van der Waals surface area contributed by atoms with E-state index < -0.39 is 15.8 Å². The SMILES string of the molecule is CC(C)NC(=O)N(C)c1ccc(OC(=O)c2cccc(S(C)(=O)=O)c2)cc1. The molecule has 0 fully saturated rings. The quantitative estimate of drug-likeness (QED) is 0.626. The molecule has 27 heavy (non-hydrogen) atoms. The smallest absolute Gasteiger partial charge is 0.343 e. The summed E-state index contributed by atoms with van der Waals surface area (Å²) in [6.07, 6.45) is 1.07. The average Bonchev–Trinajstić information content (AvgIpc) is 2.60. The van der Waals surface area contributed by atoms with E-state index in [-0.39, 0.29) is 28.3 Å². The van der Waals surface area contributed by atoms with Gasteiger partial charge >= 0.3 is 12.0 Å². The van der Waals surface area contributed by atoms with Gasteiger partial charge in [-0.15, -0.1) is 0 Å². The van der Waals surface area contributed by atoms with Crippen LogP contribution in [0.25, 0.3) is 0 Å². The Morgan fingerprint density at radius 2 is 1.70 bits per heavy atom. The molecule has 0 saturated carbocycles. The van der Waals surface area contributed by atoms with Crippen LogP contribution >= 0.6 is 0 Å². The third-order valence-corrected chi connectivity index (χ3v) is 4.76. The Balaban J connectivity index is 2.10. The van der Waals surface area contributed by atoms with E-state index in [1.807, 2.05) is 13.8 Å². The first kappa shape index (κ1) is 20.4. The second-order valence-corrected chi connectivity index (χ2v) is 8.36. The highest BCUT2D eigenvalue weighted by Gasteiger charge is 2.15. The zero-order chi connectivity index (χ0) is 20.2. The number of nitrogens with one attached hydrogen (secondary N) is 1. The van der Waals surface area contributed by atoms with Crippen LogP contribution in [0.5, 0.6) is 5.75 Å². The maximum atomic E-state index is 12.2. The molecule has 2 rings (SSSR count). The van der Waals surface area contributed by atoms with Crippen molar-refractivity contribution in [1.82, 2.24) is 5.32 Å². The number of ether oxygens (including phenoxy) is 1. The van der Waals surface area contributed by atoms with Crippen LogP contribution in [0.3, 0.4) is 0 Å². The summed E-state index contributed by atoms with van der Waals surface area (Å²) in [5.41, 5.74) is 0.766. The maximum absolute atomic E-state index is 12.2. The molecule has 2 aromatic carbocycles. The first-order valence-corrected chi connectivity index (χ1v) is 10.1. The lowest BCUT2D eigenvalue weighted by Crippen LogP contribution is -2.40. The second-order valence-electron chi connectivity index (χ2n) is 6.35. The third kappa shape index (κ3) is 5.55. The number of amides is 2. The first-order valence-electron chi connectivity index (χ1n) is 8.24. The van der Waals surface area contributed by atoms with Crippen LogP contribution in [0, 0.1) is 0 Å². The van der Waals surface area contributed by atoms with Gasteiger partial charge in [0, 0.05) is 25.0 Å². The second kappa shape index (κ2) is 8.22. The zero-order valence-electron chi connectivity index (χ0n) is 15.6. The van der Waals surface area contributed by atoms with E-state index in [2.05, 4.69) is 5.32 Å². The minimum atomic E-state index is -3.41. The lowest BCUT2D eigenvalue weighted by Gasteiger charge is -2.20. The molecule has 0 aromatic heterocycles. The largest absolute Gasteiger partial charge is 0.423 e. The van der Waals surface area contributed by atoms with E-state index in [9.17, 15) is 18.0 Å². The average molecular weight is 390 g/mol. The molecular weight excluding hydrogens is 368 g/mol. The van der Waals surface area contributed by atoms with Crippen molar-refractivity contribution in [2.24, 2.45) is 0 Å². The Morgan fingerprint density at radius 3 is 2.26 bits per heavy atom. The fourth-order valence-corrected chi connectivity index (χ4v) is 2.89. The molecule has 7 nitrogen and oxygen atoms in total. The van der Waals surface area contributed by atoms with E-state index in [1.54, 1.807) is 31.3 Å². The lowest BCUT2D eigenvalue weighted by atomic mass is 10.2. The van der Waals surface area contributed by atoms with Crippen LogP contribution in [0.4, 0.5) is 10.5 Å². The fourth-order valence-electron chi connectivity index (χ4n) is 2.22. The summed E-state index contributed by atoms with van der Waals surface area (Å²) in [4.78, 5) is 25.7. The predicted octanol–water partition coefficient (Wildman–Crippen LogP) is 2.86. The number of carbonyl (C=O) groups is 2. The summed E-state index contributed by atoms with van der Waals surface area (Å²) in [6.45, 7) is 3.74. The highest BCUT2D eigenvalue weighted by molar-refractivity contribution is 7.90. The lowest BCUT2D eigenvalue weighted by molar-refractivity contribution is 0.0734. The molecule has 0 unspecified atom stereocenters. The van der Waals surface area contributed by atoms with Crippen molar-refractivity contribution in [3.05, 3.63) is 54.1 Å². The molecule has 0 aliphatic rings. The van der Waals surface area contributed by atoms with Gasteiger partial charge in [0.1, 0.15) is 5.75 Å². The zero-order valence-corrected chi connectivity index (χ0v) is 16.4. The Kier molecular flexibility index (Phi) is 6.22. The topological polar surface area (TPSA) is 92.8 Å². The summed E-state index contributed by atoms with van der Waals surface area (Å²) >= 11 is 0. The number of hydrogen-bond acceptors (Lipinski definition) is 5. The van der Waals surface area contributed by atoms with Crippen molar-refractivity contribution < 1.29 is 22.7 Å². The third-order valence-electron chi connectivity index (χ3n) is 3.65. The summed E-state index contributed by atoms with van der Waals surface area (Å²) in [5.74, 6) is -0.384. The first-order chi connectivity index (χ1) is 12.6. The number of sulfone groups is 1. The summed E-state index contributed by atoms with van der Waals surface area (Å²) in [5, 5.41) is 2.78. The van der Waals surface area contributed by atoms with E-state index in [0.29, 0.717) is 5.69 Å². The van der Waals surface area contributed by atoms with Gasteiger partial charge in [-0.25, -0.2) is 18.0 Å². The molecule has 0 spiro atoms. The minimum Gasteiger partial charge on any atom is -0.423 e.